The van der Waals surface area contributed by atoms with Gasteiger partial charge < -0.3 is 0 Å². The maximum atomic E-state index is 3.68. The first kappa shape index (κ1) is 5.42. The molecule has 0 amide bonds. The molecule has 0 saturated carbocycles. The summed E-state index contributed by atoms with van der Waals surface area (Å²) in [6, 6.07) is 0. The van der Waals surface area contributed by atoms with Gasteiger partial charge in [0.05, 0.1) is 0 Å². The van der Waals surface area contributed by atoms with Crippen LogP contribution in [-0.4, -0.2) is 6.54 Å². The van der Waals surface area contributed by atoms with Crippen LogP contribution in [0.1, 0.15) is 6.42 Å². The van der Waals surface area contributed by atoms with Crippen molar-refractivity contribution in [3.63, 3.8) is 0 Å². The van der Waals surface area contributed by atoms with Gasteiger partial charge in [0.25, 0.3) is 0 Å². The zero-order valence-electron chi connectivity index (χ0n) is 2.90. The molecule has 0 aliphatic heterocycles. The summed E-state index contributed by atoms with van der Waals surface area (Å²) in [6.45, 7) is 4.42. The van der Waals surface area contributed by atoms with Crippen LogP contribution in [0.15, 0.2) is 3.68 Å². The topological polar surface area (TPSA) is 12.4 Å². The van der Waals surface area contributed by atoms with Crippen LogP contribution < -0.4 is 0 Å². The molecule has 0 bridgehead atoms. The molecular formula is C3H6NRh-. The average molecular weight is 159 g/mol. The van der Waals surface area contributed by atoms with Crippen molar-refractivity contribution in [1.29, 1.82) is 0 Å². The van der Waals surface area contributed by atoms with Crippen LogP contribution in [0.2, 0.25) is 0 Å². The molecule has 0 radical (unpaired) electrons. The molecule has 0 heterocycles. The molecule has 0 aliphatic rings. The molecule has 5 heavy (non-hydrogen) atoms. The van der Waals surface area contributed by atoms with Gasteiger partial charge in [-0.15, -0.1) is 0 Å². The van der Waals surface area contributed by atoms with Gasteiger partial charge in [0.2, 0.25) is 0 Å². The fourth-order valence-electron chi connectivity index (χ4n) is 0.0527. The van der Waals surface area contributed by atoms with Crippen molar-refractivity contribution in [3.05, 3.63) is 6.92 Å². The molecule has 0 saturated heterocycles. The summed E-state index contributed by atoms with van der Waals surface area (Å²) < 4.78 is 3.68. The Bertz CT molecular complexity index is 28.1. The quantitative estimate of drug-likeness (QED) is 0.420. The van der Waals surface area contributed by atoms with E-state index in [1.165, 1.54) is 0 Å². The number of rotatable bonds is 2. The SMILES string of the molecule is [CH2-]CC[N]=[Rh]. The fourth-order valence-corrected chi connectivity index (χ4v) is 0.312. The van der Waals surface area contributed by atoms with Gasteiger partial charge in [-0.05, 0) is 0 Å². The van der Waals surface area contributed by atoms with E-state index in [1.54, 1.807) is 0 Å². The van der Waals surface area contributed by atoms with Gasteiger partial charge in [0.1, 0.15) is 0 Å². The standard InChI is InChI=1S/C3H6N.Rh/c1-2-3-4;/h1-3H2;/q-1;. The molecule has 0 aliphatic carbocycles. The molecule has 0 unspecified atom stereocenters. The van der Waals surface area contributed by atoms with Crippen LogP contribution in [-0.2, 0) is 18.1 Å². The molecule has 2 heteroatoms. The zero-order valence-corrected chi connectivity index (χ0v) is 4.54. The Morgan fingerprint density at radius 1 is 1.80 bits per heavy atom. The van der Waals surface area contributed by atoms with Gasteiger partial charge >= 0.3 is 41.7 Å². The van der Waals surface area contributed by atoms with Gasteiger partial charge in [-0.3, -0.25) is 0 Å². The number of hydrogen-bond acceptors (Lipinski definition) is 1. The molecule has 0 fully saturated rings. The Balaban J connectivity index is 2.40. The molecule has 33 valence electrons. The first-order valence-corrected chi connectivity index (χ1v) is 2.20. The second-order valence-electron chi connectivity index (χ2n) is 0.683. The summed E-state index contributed by atoms with van der Waals surface area (Å²) in [4.78, 5) is 0. The molecule has 0 aromatic heterocycles. The third kappa shape index (κ3) is 4.42. The average Bonchev–Trinajstić information content (AvgIpc) is 1.41. The molecule has 0 N–H and O–H groups in total. The first-order valence-electron chi connectivity index (χ1n) is 1.47. The predicted molar refractivity (Wildman–Crippen MR) is 17.3 cm³/mol. The van der Waals surface area contributed by atoms with Crippen molar-refractivity contribution in [2.24, 2.45) is 3.68 Å². The number of nitrogens with zero attached hydrogens (tertiary/aromatic N) is 1. The van der Waals surface area contributed by atoms with Crippen molar-refractivity contribution >= 4 is 0 Å². The maximum absolute atomic E-state index is 3.68. The predicted octanol–water partition coefficient (Wildman–Crippen LogP) is 0.941. The van der Waals surface area contributed by atoms with Crippen molar-refractivity contribution in [2.75, 3.05) is 6.54 Å². The fraction of sp³-hybridized carbons (Fsp3) is 0.667. The monoisotopic (exact) mass is 159 g/mol. The van der Waals surface area contributed by atoms with Gasteiger partial charge in [-0.25, -0.2) is 0 Å². The van der Waals surface area contributed by atoms with E-state index in [4.69, 9.17) is 0 Å². The van der Waals surface area contributed by atoms with Crippen molar-refractivity contribution in [1.82, 2.24) is 0 Å². The van der Waals surface area contributed by atoms with Crippen LogP contribution in [0.25, 0.3) is 0 Å². The Morgan fingerprint density at radius 2 is 2.40 bits per heavy atom. The third-order valence-corrected chi connectivity index (χ3v) is 0.599. The Kier molecular flexibility index (Phi) is 4.80. The molecule has 0 rings (SSSR count). The normalized spacial score (nSPS) is 7.60. The van der Waals surface area contributed by atoms with Gasteiger partial charge in [0.15, 0.2) is 0 Å². The molecule has 1 nitrogen and oxygen atoms in total. The van der Waals surface area contributed by atoms with E-state index < -0.39 is 0 Å². The molecule has 0 atom stereocenters. The summed E-state index contributed by atoms with van der Waals surface area (Å²) in [5.74, 6) is 0. The second kappa shape index (κ2) is 4.42. The van der Waals surface area contributed by atoms with E-state index in [9.17, 15) is 0 Å². The zero-order chi connectivity index (χ0) is 4.12. The van der Waals surface area contributed by atoms with Crippen LogP contribution in [0.4, 0.5) is 0 Å². The summed E-state index contributed by atoms with van der Waals surface area (Å²) in [6.07, 6.45) is 0.900. The third-order valence-electron chi connectivity index (χ3n) is 0.233. The van der Waals surface area contributed by atoms with Crippen molar-refractivity contribution in [2.45, 2.75) is 6.42 Å². The molecule has 0 aromatic carbocycles. The van der Waals surface area contributed by atoms with E-state index in [0.29, 0.717) is 0 Å². The summed E-state index contributed by atoms with van der Waals surface area (Å²) >= 11 is 2.44. The van der Waals surface area contributed by atoms with Crippen molar-refractivity contribution < 1.29 is 18.1 Å². The van der Waals surface area contributed by atoms with Crippen LogP contribution in [0.3, 0.4) is 0 Å². The first-order chi connectivity index (χ1) is 2.41. The second-order valence-corrected chi connectivity index (χ2v) is 1.20. The van der Waals surface area contributed by atoms with E-state index in [-0.39, 0.29) is 0 Å². The van der Waals surface area contributed by atoms with Crippen LogP contribution >= 0.6 is 0 Å². The Hall–Kier alpha value is 0.423. The minimum atomic E-state index is 0.854. The molecular weight excluding hydrogens is 153 g/mol. The van der Waals surface area contributed by atoms with E-state index in [0.717, 1.165) is 13.0 Å². The van der Waals surface area contributed by atoms with Gasteiger partial charge in [-0.1, -0.05) is 0 Å². The van der Waals surface area contributed by atoms with Crippen molar-refractivity contribution in [3.8, 4) is 0 Å². The summed E-state index contributed by atoms with van der Waals surface area (Å²) in [7, 11) is 0. The Morgan fingerprint density at radius 3 is 2.40 bits per heavy atom. The van der Waals surface area contributed by atoms with E-state index >= 15 is 0 Å². The summed E-state index contributed by atoms with van der Waals surface area (Å²) in [5.41, 5.74) is 0. The molecule has 0 aromatic rings. The minimum absolute atomic E-state index is 0.854. The Labute approximate surface area is 42.3 Å². The van der Waals surface area contributed by atoms with Crippen LogP contribution in [0, 0.1) is 6.92 Å². The van der Waals surface area contributed by atoms with Gasteiger partial charge in [-0.2, -0.15) is 0 Å². The number of hydrogen-bond donors (Lipinski definition) is 0. The van der Waals surface area contributed by atoms with Crippen LogP contribution in [0.5, 0.6) is 0 Å². The van der Waals surface area contributed by atoms with E-state index in [1.807, 2.05) is 0 Å². The molecule has 0 spiro atoms. The van der Waals surface area contributed by atoms with E-state index in [2.05, 4.69) is 28.7 Å². The van der Waals surface area contributed by atoms with Gasteiger partial charge in [0, 0.05) is 0 Å². The summed E-state index contributed by atoms with van der Waals surface area (Å²) in [5, 5.41) is 0.